The van der Waals surface area contributed by atoms with E-state index in [1.807, 2.05) is 6.92 Å². The second kappa shape index (κ2) is 2.70. The summed E-state index contributed by atoms with van der Waals surface area (Å²) in [7, 11) is 0. The summed E-state index contributed by atoms with van der Waals surface area (Å²) < 4.78 is 18.3. The van der Waals surface area contributed by atoms with E-state index < -0.39 is 5.72 Å². The van der Waals surface area contributed by atoms with Crippen molar-refractivity contribution in [3.63, 3.8) is 0 Å². The van der Waals surface area contributed by atoms with Crippen molar-refractivity contribution in [2.45, 2.75) is 25.5 Å². The maximum Gasteiger partial charge on any atom is 0.156 e. The molecule has 3 heteroatoms. The van der Waals surface area contributed by atoms with Crippen LogP contribution in [0.15, 0.2) is 18.2 Å². The Morgan fingerprint density at radius 2 is 2.31 bits per heavy atom. The first-order valence-corrected chi connectivity index (χ1v) is 4.33. The molecule has 1 aromatic carbocycles. The molecule has 0 fully saturated rings. The number of ether oxygens (including phenoxy) is 1. The average Bonchev–Trinajstić information content (AvgIpc) is 2.05. The van der Waals surface area contributed by atoms with Crippen molar-refractivity contribution < 1.29 is 9.13 Å². The fourth-order valence-corrected chi connectivity index (χ4v) is 1.53. The molecule has 2 rings (SSSR count). The van der Waals surface area contributed by atoms with Gasteiger partial charge in [-0.25, -0.2) is 4.39 Å². The average molecular weight is 181 g/mol. The molecule has 2 N–H and O–H groups in total. The van der Waals surface area contributed by atoms with Gasteiger partial charge in [0, 0.05) is 6.42 Å². The van der Waals surface area contributed by atoms with E-state index in [0.717, 1.165) is 18.4 Å². The van der Waals surface area contributed by atoms with E-state index in [0.29, 0.717) is 5.75 Å². The summed E-state index contributed by atoms with van der Waals surface area (Å²) in [6.45, 7) is 1.83. The zero-order valence-corrected chi connectivity index (χ0v) is 7.51. The van der Waals surface area contributed by atoms with Crippen molar-refractivity contribution >= 4 is 0 Å². The summed E-state index contributed by atoms with van der Waals surface area (Å²) in [5, 5.41) is 0. The van der Waals surface area contributed by atoms with Crippen molar-refractivity contribution in [2.75, 3.05) is 0 Å². The van der Waals surface area contributed by atoms with Crippen LogP contribution < -0.4 is 10.5 Å². The molecule has 70 valence electrons. The van der Waals surface area contributed by atoms with Gasteiger partial charge < -0.3 is 4.74 Å². The first-order valence-electron chi connectivity index (χ1n) is 4.33. The highest BCUT2D eigenvalue weighted by atomic mass is 19.1. The normalized spacial score (nSPS) is 26.4. The van der Waals surface area contributed by atoms with Crippen molar-refractivity contribution in [3.8, 4) is 5.75 Å². The van der Waals surface area contributed by atoms with Gasteiger partial charge in [-0.2, -0.15) is 0 Å². The molecule has 2 nitrogen and oxygen atoms in total. The highest BCUT2D eigenvalue weighted by Crippen LogP contribution is 2.30. The molecule has 1 aromatic rings. The first-order chi connectivity index (χ1) is 6.07. The Morgan fingerprint density at radius 3 is 3.08 bits per heavy atom. The van der Waals surface area contributed by atoms with E-state index in [1.54, 1.807) is 6.07 Å². The highest BCUT2D eigenvalue weighted by Gasteiger charge is 2.26. The van der Waals surface area contributed by atoms with Crippen LogP contribution in [-0.2, 0) is 6.42 Å². The van der Waals surface area contributed by atoms with E-state index in [2.05, 4.69) is 0 Å². The van der Waals surface area contributed by atoms with Gasteiger partial charge in [0.05, 0.1) is 0 Å². The van der Waals surface area contributed by atoms with E-state index in [-0.39, 0.29) is 5.82 Å². The largest absolute Gasteiger partial charge is 0.473 e. The molecule has 1 aliphatic heterocycles. The van der Waals surface area contributed by atoms with Gasteiger partial charge >= 0.3 is 0 Å². The molecule has 13 heavy (non-hydrogen) atoms. The summed E-state index contributed by atoms with van der Waals surface area (Å²) in [6.07, 6.45) is 1.50. The molecule has 0 amide bonds. The maximum atomic E-state index is 12.8. The van der Waals surface area contributed by atoms with Crippen LogP contribution in [0.25, 0.3) is 0 Å². The summed E-state index contributed by atoms with van der Waals surface area (Å²) in [5.74, 6) is 0.487. The van der Waals surface area contributed by atoms with Crippen molar-refractivity contribution in [3.05, 3.63) is 29.6 Å². The molecule has 1 aliphatic rings. The van der Waals surface area contributed by atoms with Crippen molar-refractivity contribution in [1.29, 1.82) is 0 Å². The van der Waals surface area contributed by atoms with E-state index >= 15 is 0 Å². The van der Waals surface area contributed by atoms with Gasteiger partial charge in [0.2, 0.25) is 0 Å². The lowest BCUT2D eigenvalue weighted by Gasteiger charge is -2.32. The fraction of sp³-hybridized carbons (Fsp3) is 0.400. The lowest BCUT2D eigenvalue weighted by Crippen LogP contribution is -2.45. The van der Waals surface area contributed by atoms with E-state index in [1.165, 1.54) is 12.1 Å². The SMILES string of the molecule is CC1(N)CCc2cc(F)ccc2O1. The van der Waals surface area contributed by atoms with Crippen LogP contribution in [0.2, 0.25) is 0 Å². The molecule has 0 aromatic heterocycles. The molecule has 0 spiro atoms. The van der Waals surface area contributed by atoms with Gasteiger partial charge in [0.1, 0.15) is 11.6 Å². The van der Waals surface area contributed by atoms with Crippen LogP contribution in [0.3, 0.4) is 0 Å². The molecule has 1 atom stereocenters. The van der Waals surface area contributed by atoms with Gasteiger partial charge in [-0.15, -0.1) is 0 Å². The number of halogens is 1. The van der Waals surface area contributed by atoms with Crippen LogP contribution in [0.4, 0.5) is 4.39 Å². The highest BCUT2D eigenvalue weighted by molar-refractivity contribution is 5.36. The molecule has 0 radical (unpaired) electrons. The third-order valence-corrected chi connectivity index (χ3v) is 2.26. The topological polar surface area (TPSA) is 35.2 Å². The minimum atomic E-state index is -0.606. The molecule has 0 aliphatic carbocycles. The Hall–Kier alpha value is -1.09. The molecule has 1 unspecified atom stereocenters. The lowest BCUT2D eigenvalue weighted by atomic mass is 9.99. The predicted molar refractivity (Wildman–Crippen MR) is 47.9 cm³/mol. The van der Waals surface area contributed by atoms with Crippen LogP contribution in [-0.4, -0.2) is 5.72 Å². The molecule has 1 heterocycles. The van der Waals surface area contributed by atoms with Gasteiger partial charge in [0.15, 0.2) is 5.72 Å². The number of rotatable bonds is 0. The summed E-state index contributed by atoms with van der Waals surface area (Å²) in [4.78, 5) is 0. The molecule has 0 bridgehead atoms. The number of benzene rings is 1. The molecule has 0 saturated heterocycles. The fourth-order valence-electron chi connectivity index (χ4n) is 1.53. The Morgan fingerprint density at radius 1 is 1.54 bits per heavy atom. The second-order valence-corrected chi connectivity index (χ2v) is 3.67. The summed E-state index contributed by atoms with van der Waals surface area (Å²) in [5.41, 5.74) is 6.11. The molecular weight excluding hydrogens is 169 g/mol. The zero-order chi connectivity index (χ0) is 9.47. The van der Waals surface area contributed by atoms with Crippen molar-refractivity contribution in [2.24, 2.45) is 5.73 Å². The Balaban J connectivity index is 2.37. The lowest BCUT2D eigenvalue weighted by molar-refractivity contribution is 0.0718. The zero-order valence-electron chi connectivity index (χ0n) is 7.51. The Labute approximate surface area is 76.5 Å². The number of hydrogen-bond donors (Lipinski definition) is 1. The third kappa shape index (κ3) is 1.65. The number of fused-ring (bicyclic) bond motifs is 1. The first kappa shape index (κ1) is 8.51. The predicted octanol–water partition coefficient (Wildman–Crippen LogP) is 1.83. The molecular formula is C10H12FNO. The Bertz CT molecular complexity index is 336. The van der Waals surface area contributed by atoms with Gasteiger partial charge in [-0.05, 0) is 37.1 Å². The minimum Gasteiger partial charge on any atom is -0.473 e. The van der Waals surface area contributed by atoms with E-state index in [4.69, 9.17) is 10.5 Å². The van der Waals surface area contributed by atoms with Crippen LogP contribution in [0.1, 0.15) is 18.9 Å². The van der Waals surface area contributed by atoms with Gasteiger partial charge in [0.25, 0.3) is 0 Å². The quantitative estimate of drug-likeness (QED) is 0.662. The minimum absolute atomic E-state index is 0.219. The van der Waals surface area contributed by atoms with Crippen LogP contribution in [0.5, 0.6) is 5.75 Å². The van der Waals surface area contributed by atoms with E-state index in [9.17, 15) is 4.39 Å². The summed E-state index contributed by atoms with van der Waals surface area (Å²) in [6, 6.07) is 4.53. The smallest absolute Gasteiger partial charge is 0.156 e. The molecule has 0 saturated carbocycles. The number of nitrogens with two attached hydrogens (primary N) is 1. The van der Waals surface area contributed by atoms with Gasteiger partial charge in [-0.3, -0.25) is 5.73 Å². The number of aryl methyl sites for hydroxylation is 1. The standard InChI is InChI=1S/C10H12FNO/c1-10(12)5-4-7-6-8(11)2-3-9(7)13-10/h2-3,6H,4-5,12H2,1H3. The monoisotopic (exact) mass is 181 g/mol. The van der Waals surface area contributed by atoms with Crippen LogP contribution >= 0.6 is 0 Å². The Kier molecular flexibility index (Phi) is 1.77. The van der Waals surface area contributed by atoms with Crippen LogP contribution in [0, 0.1) is 5.82 Å². The maximum absolute atomic E-state index is 12.8. The van der Waals surface area contributed by atoms with Gasteiger partial charge in [-0.1, -0.05) is 0 Å². The van der Waals surface area contributed by atoms with Crippen molar-refractivity contribution in [1.82, 2.24) is 0 Å². The number of hydrogen-bond acceptors (Lipinski definition) is 2. The third-order valence-electron chi connectivity index (χ3n) is 2.26. The summed E-state index contributed by atoms with van der Waals surface area (Å²) >= 11 is 0. The second-order valence-electron chi connectivity index (χ2n) is 3.67.